The predicted octanol–water partition coefficient (Wildman–Crippen LogP) is 4.42. The number of amides is 2. The van der Waals surface area contributed by atoms with Gasteiger partial charge in [-0.2, -0.15) is 0 Å². The molecule has 0 fully saturated rings. The van der Waals surface area contributed by atoms with Gasteiger partial charge in [-0.15, -0.1) is 0 Å². The molecule has 0 radical (unpaired) electrons. The SMILES string of the molecule is COc1ccc(C=C(NC(=O)c2ccccc2)C(=O)Nc2ccccc2C)cc1OC. The standard InChI is InChI=1S/C25H24N2O4/c1-17-9-7-8-12-20(17)26-25(29)21(27-24(28)19-10-5-4-6-11-19)15-18-13-14-22(30-2)23(16-18)31-3/h4-16H,1-3H3,(H,26,29)(H,27,28). The first kappa shape index (κ1) is 21.6. The zero-order valence-electron chi connectivity index (χ0n) is 17.6. The largest absolute Gasteiger partial charge is 0.493 e. The van der Waals surface area contributed by atoms with E-state index in [4.69, 9.17) is 9.47 Å². The number of anilines is 1. The van der Waals surface area contributed by atoms with Crippen molar-refractivity contribution in [2.75, 3.05) is 19.5 Å². The van der Waals surface area contributed by atoms with Gasteiger partial charge in [0.05, 0.1) is 14.2 Å². The lowest BCUT2D eigenvalue weighted by molar-refractivity contribution is -0.113. The minimum absolute atomic E-state index is 0.101. The quantitative estimate of drug-likeness (QED) is 0.559. The van der Waals surface area contributed by atoms with Crippen molar-refractivity contribution in [3.63, 3.8) is 0 Å². The number of ether oxygens (including phenoxy) is 2. The minimum atomic E-state index is -0.437. The maximum atomic E-state index is 13.1. The Bertz CT molecular complexity index is 1110. The molecular weight excluding hydrogens is 392 g/mol. The third-order valence-corrected chi connectivity index (χ3v) is 4.64. The molecule has 2 N–H and O–H groups in total. The Labute approximate surface area is 181 Å². The smallest absolute Gasteiger partial charge is 0.272 e. The van der Waals surface area contributed by atoms with Crippen LogP contribution in [0.1, 0.15) is 21.5 Å². The molecule has 3 rings (SSSR count). The Morgan fingerprint density at radius 2 is 1.52 bits per heavy atom. The van der Waals surface area contributed by atoms with Crippen molar-refractivity contribution < 1.29 is 19.1 Å². The van der Waals surface area contributed by atoms with Crippen LogP contribution in [0.4, 0.5) is 5.69 Å². The van der Waals surface area contributed by atoms with Gasteiger partial charge in [0.15, 0.2) is 11.5 Å². The second-order valence-electron chi connectivity index (χ2n) is 6.76. The maximum absolute atomic E-state index is 13.1. The fourth-order valence-electron chi connectivity index (χ4n) is 2.95. The number of carbonyl (C=O) groups is 2. The molecule has 6 nitrogen and oxygen atoms in total. The van der Waals surface area contributed by atoms with Gasteiger partial charge in [-0.25, -0.2) is 0 Å². The first-order valence-electron chi connectivity index (χ1n) is 9.69. The molecule has 2 amide bonds. The number of rotatable bonds is 7. The Morgan fingerprint density at radius 3 is 2.19 bits per heavy atom. The summed E-state index contributed by atoms with van der Waals surface area (Å²) in [4.78, 5) is 25.8. The molecule has 0 unspecified atom stereocenters. The minimum Gasteiger partial charge on any atom is -0.493 e. The molecule has 0 aliphatic carbocycles. The monoisotopic (exact) mass is 416 g/mol. The van der Waals surface area contributed by atoms with Gasteiger partial charge < -0.3 is 20.1 Å². The van der Waals surface area contributed by atoms with E-state index >= 15 is 0 Å². The first-order valence-corrected chi connectivity index (χ1v) is 9.69. The van der Waals surface area contributed by atoms with Crippen LogP contribution in [-0.4, -0.2) is 26.0 Å². The van der Waals surface area contributed by atoms with E-state index in [0.29, 0.717) is 28.3 Å². The number of aryl methyl sites for hydroxylation is 1. The molecule has 0 aliphatic heterocycles. The van der Waals surface area contributed by atoms with Crippen LogP contribution in [0.5, 0.6) is 11.5 Å². The van der Waals surface area contributed by atoms with E-state index < -0.39 is 5.91 Å². The maximum Gasteiger partial charge on any atom is 0.272 e. The fourth-order valence-corrected chi connectivity index (χ4v) is 2.95. The van der Waals surface area contributed by atoms with Gasteiger partial charge >= 0.3 is 0 Å². The number of benzene rings is 3. The van der Waals surface area contributed by atoms with Crippen molar-refractivity contribution in [2.24, 2.45) is 0 Å². The van der Waals surface area contributed by atoms with E-state index in [-0.39, 0.29) is 11.6 Å². The van der Waals surface area contributed by atoms with Gasteiger partial charge in [0, 0.05) is 11.3 Å². The van der Waals surface area contributed by atoms with Crippen LogP contribution in [0, 0.1) is 6.92 Å². The highest BCUT2D eigenvalue weighted by Crippen LogP contribution is 2.28. The highest BCUT2D eigenvalue weighted by molar-refractivity contribution is 6.10. The average Bonchev–Trinajstić information content (AvgIpc) is 2.80. The molecule has 0 saturated heterocycles. The van der Waals surface area contributed by atoms with E-state index in [9.17, 15) is 9.59 Å². The van der Waals surface area contributed by atoms with Crippen molar-refractivity contribution in [1.29, 1.82) is 0 Å². The lowest BCUT2D eigenvalue weighted by Crippen LogP contribution is -2.30. The van der Waals surface area contributed by atoms with E-state index in [2.05, 4.69) is 10.6 Å². The summed E-state index contributed by atoms with van der Waals surface area (Å²) in [5.74, 6) is 0.267. The van der Waals surface area contributed by atoms with E-state index in [1.165, 1.54) is 7.11 Å². The fraction of sp³-hybridized carbons (Fsp3) is 0.120. The second kappa shape index (κ2) is 10.1. The lowest BCUT2D eigenvalue weighted by atomic mass is 10.1. The number of para-hydroxylation sites is 1. The number of carbonyl (C=O) groups excluding carboxylic acids is 2. The molecular formula is C25H24N2O4. The Kier molecular flexibility index (Phi) is 7.06. The normalized spacial score (nSPS) is 10.9. The molecule has 3 aromatic rings. The topological polar surface area (TPSA) is 76.7 Å². The Morgan fingerprint density at radius 1 is 0.839 bits per heavy atom. The van der Waals surface area contributed by atoms with E-state index in [0.717, 1.165) is 5.56 Å². The van der Waals surface area contributed by atoms with Crippen LogP contribution in [0.3, 0.4) is 0 Å². The first-order chi connectivity index (χ1) is 15.0. The molecule has 6 heteroatoms. The van der Waals surface area contributed by atoms with Gasteiger partial charge in [0.25, 0.3) is 11.8 Å². The molecule has 158 valence electrons. The summed E-state index contributed by atoms with van der Waals surface area (Å²) in [6.45, 7) is 1.90. The third kappa shape index (κ3) is 5.51. The van der Waals surface area contributed by atoms with E-state index in [1.54, 1.807) is 61.7 Å². The summed E-state index contributed by atoms with van der Waals surface area (Å²) in [5, 5.41) is 5.59. The van der Waals surface area contributed by atoms with Crippen LogP contribution in [0.25, 0.3) is 6.08 Å². The molecule has 0 spiro atoms. The van der Waals surface area contributed by atoms with Crippen LogP contribution in [0.15, 0.2) is 78.5 Å². The number of hydrogen-bond donors (Lipinski definition) is 2. The van der Waals surface area contributed by atoms with Crippen molar-refractivity contribution >= 4 is 23.6 Å². The zero-order chi connectivity index (χ0) is 22.2. The molecule has 31 heavy (non-hydrogen) atoms. The zero-order valence-corrected chi connectivity index (χ0v) is 17.6. The Hall–Kier alpha value is -4.06. The molecule has 0 atom stereocenters. The second-order valence-corrected chi connectivity index (χ2v) is 6.76. The summed E-state index contributed by atoms with van der Waals surface area (Å²) in [7, 11) is 3.09. The van der Waals surface area contributed by atoms with E-state index in [1.807, 2.05) is 31.2 Å². The van der Waals surface area contributed by atoms with Gasteiger partial charge in [-0.3, -0.25) is 9.59 Å². The van der Waals surface area contributed by atoms with Crippen LogP contribution >= 0.6 is 0 Å². The molecule has 0 bridgehead atoms. The third-order valence-electron chi connectivity index (χ3n) is 4.64. The van der Waals surface area contributed by atoms with Gasteiger partial charge in [0.2, 0.25) is 0 Å². The lowest BCUT2D eigenvalue weighted by Gasteiger charge is -2.13. The van der Waals surface area contributed by atoms with Gasteiger partial charge in [0.1, 0.15) is 5.70 Å². The molecule has 0 aliphatic rings. The molecule has 3 aromatic carbocycles. The van der Waals surface area contributed by atoms with Crippen LogP contribution in [0.2, 0.25) is 0 Å². The Balaban J connectivity index is 1.95. The summed E-state index contributed by atoms with van der Waals surface area (Å²) in [5.41, 5.74) is 2.80. The van der Waals surface area contributed by atoms with Crippen molar-refractivity contribution in [3.05, 3.63) is 95.2 Å². The average molecular weight is 416 g/mol. The summed E-state index contributed by atoms with van der Waals surface area (Å²) in [6, 6.07) is 21.4. The summed E-state index contributed by atoms with van der Waals surface area (Å²) >= 11 is 0. The van der Waals surface area contributed by atoms with Crippen molar-refractivity contribution in [3.8, 4) is 11.5 Å². The van der Waals surface area contributed by atoms with Gasteiger partial charge in [-0.1, -0.05) is 42.5 Å². The molecule has 0 saturated carbocycles. The van der Waals surface area contributed by atoms with Crippen LogP contribution in [-0.2, 0) is 4.79 Å². The molecule has 0 aromatic heterocycles. The van der Waals surface area contributed by atoms with Crippen molar-refractivity contribution in [2.45, 2.75) is 6.92 Å². The number of nitrogens with one attached hydrogen (secondary N) is 2. The van der Waals surface area contributed by atoms with Gasteiger partial charge in [-0.05, 0) is 54.5 Å². The number of hydrogen-bond acceptors (Lipinski definition) is 4. The highest BCUT2D eigenvalue weighted by atomic mass is 16.5. The number of methoxy groups -OCH3 is 2. The highest BCUT2D eigenvalue weighted by Gasteiger charge is 2.16. The summed E-state index contributed by atoms with van der Waals surface area (Å²) in [6.07, 6.45) is 1.59. The van der Waals surface area contributed by atoms with Crippen LogP contribution < -0.4 is 20.1 Å². The summed E-state index contributed by atoms with van der Waals surface area (Å²) < 4.78 is 10.6. The van der Waals surface area contributed by atoms with Crippen molar-refractivity contribution in [1.82, 2.24) is 5.32 Å². The molecule has 0 heterocycles. The predicted molar refractivity (Wildman–Crippen MR) is 121 cm³/mol.